The Kier molecular flexibility index (Phi) is 8.27. The fourth-order valence-corrected chi connectivity index (χ4v) is 3.56. The number of piperidine rings is 1. The summed E-state index contributed by atoms with van der Waals surface area (Å²) in [6, 6.07) is 2.86. The minimum absolute atomic E-state index is 0.173. The van der Waals surface area contributed by atoms with Gasteiger partial charge in [0.05, 0.1) is 12.6 Å². The molecule has 2 amide bonds. The molecule has 2 aromatic rings. The van der Waals surface area contributed by atoms with E-state index in [-0.39, 0.29) is 24.6 Å². The standard InChI is InChI=1S/C23H25F6N5O4/c1-21(2,3)38-20(36)31-11-13-6-8-22(25,26)12-34(13)19(35)18-15(24)4-5-16(33-18)32-17-10-14(7-9-30-17)37-23(27,28)29/h4-5,7,9-10,13H,6,8,11-12H2,1-3H3,(H,31,36)(H,30,32,33)/t13-/m1/s1. The molecular weight excluding hydrogens is 524 g/mol. The molecular formula is C23H25F6N5O4. The number of carbonyl (C=O) groups excluding carboxylic acids is 2. The minimum atomic E-state index is -4.95. The Hall–Kier alpha value is -3.78. The average molecular weight is 549 g/mol. The molecule has 3 heterocycles. The second kappa shape index (κ2) is 10.9. The Balaban J connectivity index is 1.80. The van der Waals surface area contributed by atoms with Gasteiger partial charge in [0.1, 0.15) is 23.0 Å². The highest BCUT2D eigenvalue weighted by molar-refractivity contribution is 5.93. The number of alkyl carbamates (subject to hydrolysis) is 1. The summed E-state index contributed by atoms with van der Waals surface area (Å²) in [6.45, 7) is 3.63. The smallest absolute Gasteiger partial charge is 0.444 e. The maximum absolute atomic E-state index is 14.6. The SMILES string of the molecule is CC(C)(C)OC(=O)NC[C@H]1CCC(F)(F)CN1C(=O)c1nc(Nc2cc(OC(F)(F)F)ccn2)ccc1F. The average Bonchev–Trinajstić information content (AvgIpc) is 2.76. The van der Waals surface area contributed by atoms with Gasteiger partial charge >= 0.3 is 12.5 Å². The second-order valence-electron chi connectivity index (χ2n) is 9.44. The van der Waals surface area contributed by atoms with Crippen LogP contribution >= 0.6 is 0 Å². The van der Waals surface area contributed by atoms with Crippen LogP contribution in [0, 0.1) is 5.82 Å². The molecule has 1 fully saturated rings. The van der Waals surface area contributed by atoms with Crippen molar-refractivity contribution in [3.05, 3.63) is 42.0 Å². The molecule has 15 heteroatoms. The summed E-state index contributed by atoms with van der Waals surface area (Å²) < 4.78 is 89.4. The van der Waals surface area contributed by atoms with Crippen LogP contribution in [0.3, 0.4) is 0 Å². The monoisotopic (exact) mass is 549 g/mol. The van der Waals surface area contributed by atoms with Gasteiger partial charge in [-0.2, -0.15) is 0 Å². The van der Waals surface area contributed by atoms with Crippen molar-refractivity contribution in [2.24, 2.45) is 0 Å². The number of carbonyl (C=O) groups is 2. The summed E-state index contributed by atoms with van der Waals surface area (Å²) in [5, 5.41) is 4.94. The van der Waals surface area contributed by atoms with Crippen molar-refractivity contribution in [2.45, 2.75) is 57.5 Å². The molecule has 208 valence electrons. The molecule has 2 N–H and O–H groups in total. The highest BCUT2D eigenvalue weighted by Gasteiger charge is 2.43. The number of rotatable bonds is 6. The Morgan fingerprint density at radius 1 is 1.16 bits per heavy atom. The number of anilines is 2. The first-order valence-corrected chi connectivity index (χ1v) is 11.3. The van der Waals surface area contributed by atoms with Gasteiger partial charge in [0.2, 0.25) is 0 Å². The van der Waals surface area contributed by atoms with Gasteiger partial charge in [-0.15, -0.1) is 13.2 Å². The molecule has 2 aromatic heterocycles. The van der Waals surface area contributed by atoms with Crippen molar-refractivity contribution in [3.63, 3.8) is 0 Å². The van der Waals surface area contributed by atoms with Crippen LogP contribution in [0.1, 0.15) is 44.1 Å². The number of pyridine rings is 2. The molecule has 0 aliphatic carbocycles. The number of hydrogen-bond donors (Lipinski definition) is 2. The van der Waals surface area contributed by atoms with E-state index in [1.54, 1.807) is 20.8 Å². The largest absolute Gasteiger partial charge is 0.573 e. The predicted octanol–water partition coefficient (Wildman–Crippen LogP) is 5.02. The molecule has 9 nitrogen and oxygen atoms in total. The fraction of sp³-hybridized carbons (Fsp3) is 0.478. The first kappa shape index (κ1) is 28.8. The van der Waals surface area contributed by atoms with E-state index in [1.807, 2.05) is 0 Å². The van der Waals surface area contributed by atoms with Crippen LogP contribution in [-0.4, -0.2) is 63.9 Å². The first-order valence-electron chi connectivity index (χ1n) is 11.3. The first-order chi connectivity index (χ1) is 17.5. The van der Waals surface area contributed by atoms with Crippen LogP contribution in [0.25, 0.3) is 0 Å². The molecule has 0 aromatic carbocycles. The van der Waals surface area contributed by atoms with Crippen molar-refractivity contribution in [1.29, 1.82) is 0 Å². The third-order valence-electron chi connectivity index (χ3n) is 5.10. The molecule has 0 saturated carbocycles. The minimum Gasteiger partial charge on any atom is -0.444 e. The van der Waals surface area contributed by atoms with Gasteiger partial charge in [0.25, 0.3) is 11.8 Å². The molecule has 0 bridgehead atoms. The molecule has 38 heavy (non-hydrogen) atoms. The van der Waals surface area contributed by atoms with Crippen LogP contribution in [0.4, 0.5) is 42.8 Å². The number of hydrogen-bond acceptors (Lipinski definition) is 7. The van der Waals surface area contributed by atoms with E-state index in [0.29, 0.717) is 0 Å². The van der Waals surface area contributed by atoms with Crippen LogP contribution in [0.2, 0.25) is 0 Å². The summed E-state index contributed by atoms with van der Waals surface area (Å²) in [5.41, 5.74) is -1.62. The van der Waals surface area contributed by atoms with Crippen molar-refractivity contribution < 1.29 is 45.4 Å². The number of alkyl halides is 5. The van der Waals surface area contributed by atoms with Crippen molar-refractivity contribution in [3.8, 4) is 5.75 Å². The number of nitrogens with one attached hydrogen (secondary N) is 2. The van der Waals surface area contributed by atoms with E-state index in [9.17, 15) is 35.9 Å². The van der Waals surface area contributed by atoms with Gasteiger partial charge in [-0.3, -0.25) is 4.79 Å². The summed E-state index contributed by atoms with van der Waals surface area (Å²) in [7, 11) is 0. The van der Waals surface area contributed by atoms with E-state index in [0.717, 1.165) is 35.4 Å². The highest BCUT2D eigenvalue weighted by Crippen LogP contribution is 2.32. The lowest BCUT2D eigenvalue weighted by Gasteiger charge is -2.39. The summed E-state index contributed by atoms with van der Waals surface area (Å²) in [5.74, 6) is -6.50. The van der Waals surface area contributed by atoms with Crippen molar-refractivity contribution in [1.82, 2.24) is 20.2 Å². The quantitative estimate of drug-likeness (QED) is 0.488. The number of nitrogens with zero attached hydrogens (tertiary/aromatic N) is 3. The van der Waals surface area contributed by atoms with Crippen LogP contribution < -0.4 is 15.4 Å². The number of amides is 2. The summed E-state index contributed by atoms with van der Waals surface area (Å²) >= 11 is 0. The molecule has 1 saturated heterocycles. The maximum Gasteiger partial charge on any atom is 0.573 e. The third-order valence-corrected chi connectivity index (χ3v) is 5.10. The zero-order valence-electron chi connectivity index (χ0n) is 20.5. The summed E-state index contributed by atoms with van der Waals surface area (Å²) in [4.78, 5) is 33.5. The zero-order chi connectivity index (χ0) is 28.3. The topological polar surface area (TPSA) is 106 Å². The normalized spacial score (nSPS) is 17.5. The highest BCUT2D eigenvalue weighted by atomic mass is 19.4. The lowest BCUT2D eigenvalue weighted by atomic mass is 9.98. The van der Waals surface area contributed by atoms with Crippen molar-refractivity contribution in [2.75, 3.05) is 18.4 Å². The zero-order valence-corrected chi connectivity index (χ0v) is 20.5. The Labute approximate surface area is 213 Å². The van der Waals surface area contributed by atoms with Gasteiger partial charge in [-0.05, 0) is 45.4 Å². The Morgan fingerprint density at radius 3 is 2.53 bits per heavy atom. The molecule has 1 atom stereocenters. The summed E-state index contributed by atoms with van der Waals surface area (Å²) in [6.07, 6.45) is -5.50. The van der Waals surface area contributed by atoms with Crippen LogP contribution in [0.15, 0.2) is 30.5 Å². The lowest BCUT2D eigenvalue weighted by Crippen LogP contribution is -2.55. The Morgan fingerprint density at radius 2 is 1.87 bits per heavy atom. The van der Waals surface area contributed by atoms with Crippen molar-refractivity contribution >= 4 is 23.6 Å². The van der Waals surface area contributed by atoms with Gasteiger partial charge in [-0.25, -0.2) is 27.9 Å². The Bertz CT molecular complexity index is 1170. The van der Waals surface area contributed by atoms with Gasteiger partial charge in [-0.1, -0.05) is 0 Å². The predicted molar refractivity (Wildman–Crippen MR) is 122 cm³/mol. The molecule has 0 radical (unpaired) electrons. The van der Waals surface area contributed by atoms with Gasteiger partial charge in [0, 0.05) is 25.2 Å². The number of aromatic nitrogens is 2. The molecule has 3 rings (SSSR count). The second-order valence-corrected chi connectivity index (χ2v) is 9.44. The van der Waals surface area contributed by atoms with Crippen LogP contribution in [0.5, 0.6) is 5.75 Å². The van der Waals surface area contributed by atoms with Gasteiger partial charge in [0.15, 0.2) is 11.5 Å². The van der Waals surface area contributed by atoms with E-state index in [1.165, 1.54) is 0 Å². The fourth-order valence-electron chi connectivity index (χ4n) is 3.56. The third kappa shape index (κ3) is 8.38. The van der Waals surface area contributed by atoms with Gasteiger partial charge < -0.3 is 25.0 Å². The molecule has 1 aliphatic heterocycles. The number of halogens is 6. The van der Waals surface area contributed by atoms with Crippen LogP contribution in [-0.2, 0) is 4.74 Å². The molecule has 0 unspecified atom stereocenters. The molecule has 0 spiro atoms. The van der Waals surface area contributed by atoms with E-state index < -0.39 is 66.2 Å². The van der Waals surface area contributed by atoms with E-state index in [2.05, 4.69) is 25.3 Å². The number of likely N-dealkylation sites (tertiary alicyclic amines) is 1. The van der Waals surface area contributed by atoms with E-state index in [4.69, 9.17) is 4.74 Å². The lowest BCUT2D eigenvalue weighted by molar-refractivity contribution is -0.274. The number of ether oxygens (including phenoxy) is 2. The molecule has 1 aliphatic rings. The van der Waals surface area contributed by atoms with E-state index >= 15 is 0 Å². The maximum atomic E-state index is 14.6.